The third-order valence-corrected chi connectivity index (χ3v) is 5.02. The van der Waals surface area contributed by atoms with E-state index in [1.807, 2.05) is 59.3 Å². The van der Waals surface area contributed by atoms with E-state index in [-0.39, 0.29) is 5.78 Å². The van der Waals surface area contributed by atoms with E-state index in [0.717, 1.165) is 16.7 Å². The highest BCUT2D eigenvalue weighted by Gasteiger charge is 2.29. The third-order valence-electron chi connectivity index (χ3n) is 5.02. The SMILES string of the molecule is N#Cc1ccc(Cn2ccnc2)cc1Oc1cccc2c1-c1ccccc1C2=O. The van der Waals surface area contributed by atoms with Gasteiger partial charge in [0.2, 0.25) is 0 Å². The predicted molar refractivity (Wildman–Crippen MR) is 108 cm³/mol. The number of benzene rings is 3. The molecular formula is C24H15N3O2. The lowest BCUT2D eigenvalue weighted by Gasteiger charge is -2.13. The summed E-state index contributed by atoms with van der Waals surface area (Å²) in [6.07, 6.45) is 5.35. The average Bonchev–Trinajstić information content (AvgIpc) is 3.36. The molecule has 0 unspecified atom stereocenters. The van der Waals surface area contributed by atoms with Crippen molar-refractivity contribution in [1.82, 2.24) is 9.55 Å². The summed E-state index contributed by atoms with van der Waals surface area (Å²) < 4.78 is 8.15. The molecule has 0 spiro atoms. The summed E-state index contributed by atoms with van der Waals surface area (Å²) in [7, 11) is 0. The lowest BCUT2D eigenvalue weighted by molar-refractivity contribution is 0.104. The van der Waals surface area contributed by atoms with Gasteiger partial charge in [-0.1, -0.05) is 42.5 Å². The molecule has 5 nitrogen and oxygen atoms in total. The molecule has 138 valence electrons. The standard InChI is InChI=1S/C24H15N3O2/c25-13-17-9-8-16(14-27-11-10-26-15-27)12-22(17)29-21-7-3-6-20-23(21)18-4-1-2-5-19(18)24(20)28/h1-12,15H,14H2. The molecule has 0 saturated carbocycles. The number of carbonyl (C=O) groups excluding carboxylic acids is 1. The number of fused-ring (bicyclic) bond motifs is 3. The van der Waals surface area contributed by atoms with Crippen LogP contribution in [0.25, 0.3) is 11.1 Å². The average molecular weight is 377 g/mol. The minimum absolute atomic E-state index is 0.00425. The smallest absolute Gasteiger partial charge is 0.194 e. The summed E-state index contributed by atoms with van der Waals surface area (Å²) >= 11 is 0. The maximum atomic E-state index is 12.7. The van der Waals surface area contributed by atoms with Gasteiger partial charge in [0.15, 0.2) is 5.78 Å². The fourth-order valence-electron chi connectivity index (χ4n) is 3.68. The first-order chi connectivity index (χ1) is 14.2. The van der Waals surface area contributed by atoms with Crippen LogP contribution >= 0.6 is 0 Å². The quantitative estimate of drug-likeness (QED) is 0.451. The molecule has 0 aliphatic heterocycles. The Balaban J connectivity index is 1.57. The molecule has 0 radical (unpaired) electrons. The number of nitrogens with zero attached hydrogens (tertiary/aromatic N) is 3. The normalized spacial score (nSPS) is 11.6. The van der Waals surface area contributed by atoms with E-state index in [1.165, 1.54) is 0 Å². The Hall–Kier alpha value is -4.17. The van der Waals surface area contributed by atoms with Crippen molar-refractivity contribution in [2.24, 2.45) is 0 Å². The Morgan fingerprint density at radius 3 is 2.59 bits per heavy atom. The first kappa shape index (κ1) is 17.0. The van der Waals surface area contributed by atoms with Crippen molar-refractivity contribution >= 4 is 5.78 Å². The van der Waals surface area contributed by atoms with Crippen LogP contribution in [-0.4, -0.2) is 15.3 Å². The Morgan fingerprint density at radius 1 is 0.966 bits per heavy atom. The van der Waals surface area contributed by atoms with E-state index in [1.54, 1.807) is 24.7 Å². The Morgan fingerprint density at radius 2 is 1.79 bits per heavy atom. The molecule has 1 aliphatic carbocycles. The molecule has 0 bridgehead atoms. The van der Waals surface area contributed by atoms with E-state index in [0.29, 0.717) is 34.7 Å². The van der Waals surface area contributed by atoms with Gasteiger partial charge < -0.3 is 9.30 Å². The summed E-state index contributed by atoms with van der Waals surface area (Å²) in [4.78, 5) is 16.8. The van der Waals surface area contributed by atoms with Gasteiger partial charge in [0, 0.05) is 35.6 Å². The van der Waals surface area contributed by atoms with Crippen LogP contribution in [-0.2, 0) is 6.54 Å². The van der Waals surface area contributed by atoms with Crippen molar-refractivity contribution in [2.75, 3.05) is 0 Å². The fraction of sp³-hybridized carbons (Fsp3) is 0.0417. The topological polar surface area (TPSA) is 67.9 Å². The van der Waals surface area contributed by atoms with Crippen LogP contribution in [0.3, 0.4) is 0 Å². The monoisotopic (exact) mass is 377 g/mol. The molecule has 0 saturated heterocycles. The maximum absolute atomic E-state index is 12.7. The van der Waals surface area contributed by atoms with Crippen LogP contribution in [0.4, 0.5) is 0 Å². The molecule has 3 aromatic carbocycles. The zero-order valence-corrected chi connectivity index (χ0v) is 15.4. The number of hydrogen-bond acceptors (Lipinski definition) is 4. The molecule has 0 atom stereocenters. The van der Waals surface area contributed by atoms with E-state index >= 15 is 0 Å². The number of aromatic nitrogens is 2. The van der Waals surface area contributed by atoms with Gasteiger partial charge >= 0.3 is 0 Å². The molecule has 4 aromatic rings. The number of ether oxygens (including phenoxy) is 1. The minimum Gasteiger partial charge on any atom is -0.455 e. The van der Waals surface area contributed by atoms with E-state index in [4.69, 9.17) is 4.74 Å². The number of rotatable bonds is 4. The molecule has 29 heavy (non-hydrogen) atoms. The summed E-state index contributed by atoms with van der Waals surface area (Å²) in [5.41, 5.74) is 4.36. The highest BCUT2D eigenvalue weighted by molar-refractivity contribution is 6.22. The number of carbonyl (C=O) groups is 1. The second-order valence-electron chi connectivity index (χ2n) is 6.83. The van der Waals surface area contributed by atoms with Crippen molar-refractivity contribution in [3.05, 3.63) is 102 Å². The lowest BCUT2D eigenvalue weighted by atomic mass is 10.0. The molecule has 0 fully saturated rings. The molecule has 5 heteroatoms. The Kier molecular flexibility index (Phi) is 3.96. The van der Waals surface area contributed by atoms with Crippen molar-refractivity contribution in [3.63, 3.8) is 0 Å². The zero-order valence-electron chi connectivity index (χ0n) is 15.4. The number of ketones is 1. The summed E-state index contributed by atoms with van der Waals surface area (Å²) in [5.74, 6) is 1.03. The predicted octanol–water partition coefficient (Wildman–Crippen LogP) is 4.81. The largest absolute Gasteiger partial charge is 0.455 e. The van der Waals surface area contributed by atoms with Gasteiger partial charge in [0.25, 0.3) is 0 Å². The second-order valence-corrected chi connectivity index (χ2v) is 6.83. The van der Waals surface area contributed by atoms with Gasteiger partial charge in [0.05, 0.1) is 11.9 Å². The van der Waals surface area contributed by atoms with Crippen LogP contribution < -0.4 is 4.74 Å². The lowest BCUT2D eigenvalue weighted by Crippen LogP contribution is -1.99. The molecule has 1 aliphatic rings. The second kappa shape index (κ2) is 6.77. The number of nitriles is 1. The molecule has 0 amide bonds. The number of hydrogen-bond donors (Lipinski definition) is 0. The highest BCUT2D eigenvalue weighted by atomic mass is 16.5. The van der Waals surface area contributed by atoms with E-state index in [9.17, 15) is 10.1 Å². The first-order valence-electron chi connectivity index (χ1n) is 9.18. The summed E-state index contributed by atoms with van der Waals surface area (Å²) in [5, 5.41) is 9.54. The zero-order chi connectivity index (χ0) is 19.8. The molecule has 5 rings (SSSR count). The molecular weight excluding hydrogens is 362 g/mol. The summed E-state index contributed by atoms with van der Waals surface area (Å²) in [6.45, 7) is 0.621. The van der Waals surface area contributed by atoms with Crippen LogP contribution in [0.1, 0.15) is 27.0 Å². The van der Waals surface area contributed by atoms with Gasteiger partial charge in [0.1, 0.15) is 17.6 Å². The van der Waals surface area contributed by atoms with Crippen LogP contribution in [0.15, 0.2) is 79.4 Å². The first-order valence-corrected chi connectivity index (χ1v) is 9.18. The van der Waals surface area contributed by atoms with E-state index < -0.39 is 0 Å². The van der Waals surface area contributed by atoms with Gasteiger partial charge in [-0.2, -0.15) is 5.26 Å². The fourth-order valence-corrected chi connectivity index (χ4v) is 3.68. The van der Waals surface area contributed by atoms with Crippen molar-refractivity contribution in [3.8, 4) is 28.7 Å². The van der Waals surface area contributed by atoms with Crippen molar-refractivity contribution in [2.45, 2.75) is 6.54 Å². The Bertz CT molecular complexity index is 1280. The van der Waals surface area contributed by atoms with Gasteiger partial charge in [-0.05, 0) is 29.3 Å². The van der Waals surface area contributed by atoms with Crippen molar-refractivity contribution < 1.29 is 9.53 Å². The third kappa shape index (κ3) is 2.88. The van der Waals surface area contributed by atoms with Crippen LogP contribution in [0, 0.1) is 11.3 Å². The van der Waals surface area contributed by atoms with E-state index in [2.05, 4.69) is 11.1 Å². The minimum atomic E-state index is -0.00425. The molecule has 1 aromatic heterocycles. The van der Waals surface area contributed by atoms with Crippen molar-refractivity contribution in [1.29, 1.82) is 5.26 Å². The van der Waals surface area contributed by atoms with Crippen LogP contribution in [0.2, 0.25) is 0 Å². The van der Waals surface area contributed by atoms with Gasteiger partial charge in [-0.25, -0.2) is 4.98 Å². The van der Waals surface area contributed by atoms with Gasteiger partial charge in [-0.3, -0.25) is 4.79 Å². The van der Waals surface area contributed by atoms with Crippen LogP contribution in [0.5, 0.6) is 11.5 Å². The van der Waals surface area contributed by atoms with Gasteiger partial charge in [-0.15, -0.1) is 0 Å². The summed E-state index contributed by atoms with van der Waals surface area (Å²) in [6, 6.07) is 20.7. The maximum Gasteiger partial charge on any atom is 0.194 e. The highest BCUT2D eigenvalue weighted by Crippen LogP contribution is 2.44. The molecule has 0 N–H and O–H groups in total. The molecule has 1 heterocycles. The Labute approximate surface area is 167 Å². The number of imidazole rings is 1.